The van der Waals surface area contributed by atoms with Gasteiger partial charge >= 0.3 is 0 Å². The van der Waals surface area contributed by atoms with Crippen molar-refractivity contribution in [3.8, 4) is 0 Å². The Morgan fingerprint density at radius 1 is 1.43 bits per heavy atom. The van der Waals surface area contributed by atoms with E-state index < -0.39 is 30.0 Å². The highest BCUT2D eigenvalue weighted by atomic mass is 16.7. The van der Waals surface area contributed by atoms with Gasteiger partial charge in [0.1, 0.15) is 12.2 Å². The normalized spacial score (nSPS) is 45.4. The van der Waals surface area contributed by atoms with Gasteiger partial charge in [0.05, 0.1) is 12.7 Å². The van der Waals surface area contributed by atoms with Crippen LogP contribution in [0.2, 0.25) is 0 Å². The van der Waals surface area contributed by atoms with E-state index in [9.17, 15) is 10.2 Å². The van der Waals surface area contributed by atoms with Gasteiger partial charge in [0.15, 0.2) is 6.29 Å². The van der Waals surface area contributed by atoms with Crippen LogP contribution in [-0.2, 0) is 9.47 Å². The SMILES string of the molecule is CO[C@H]1O[C@@H](CO)[C@H](O)[C@@H](O)C12CC2. The van der Waals surface area contributed by atoms with Crippen molar-refractivity contribution < 1.29 is 24.8 Å². The Balaban J connectivity index is 2.15. The van der Waals surface area contributed by atoms with Crippen LogP contribution in [0.25, 0.3) is 0 Å². The molecule has 4 atom stereocenters. The van der Waals surface area contributed by atoms with Crippen LogP contribution in [-0.4, -0.2) is 53.6 Å². The minimum Gasteiger partial charge on any atom is -0.394 e. The molecule has 5 nitrogen and oxygen atoms in total. The molecule has 0 radical (unpaired) electrons. The molecule has 1 aliphatic heterocycles. The first-order valence-electron chi connectivity index (χ1n) is 4.81. The standard InChI is InChI=1S/C9H16O5/c1-13-8-9(2-3-9)7(12)6(11)5(4-10)14-8/h5-8,10-12H,2-4H2,1H3/t5-,6-,7+,8-/m0/s1. The summed E-state index contributed by atoms with van der Waals surface area (Å²) in [7, 11) is 1.50. The first-order valence-corrected chi connectivity index (χ1v) is 4.81. The number of hydrogen-bond acceptors (Lipinski definition) is 5. The molecule has 2 aliphatic rings. The van der Waals surface area contributed by atoms with Crippen molar-refractivity contribution in [3.05, 3.63) is 0 Å². The van der Waals surface area contributed by atoms with Gasteiger partial charge in [0.25, 0.3) is 0 Å². The van der Waals surface area contributed by atoms with Crippen LogP contribution >= 0.6 is 0 Å². The Morgan fingerprint density at radius 3 is 2.50 bits per heavy atom. The van der Waals surface area contributed by atoms with E-state index in [0.29, 0.717) is 0 Å². The van der Waals surface area contributed by atoms with Gasteiger partial charge in [0.2, 0.25) is 0 Å². The maximum Gasteiger partial charge on any atom is 0.165 e. The first kappa shape index (κ1) is 10.3. The van der Waals surface area contributed by atoms with Gasteiger partial charge in [0, 0.05) is 12.5 Å². The van der Waals surface area contributed by atoms with Crippen LogP contribution in [0.4, 0.5) is 0 Å². The predicted molar refractivity (Wildman–Crippen MR) is 46.4 cm³/mol. The molecule has 1 heterocycles. The molecule has 14 heavy (non-hydrogen) atoms. The third-order valence-corrected chi connectivity index (χ3v) is 3.28. The van der Waals surface area contributed by atoms with Crippen molar-refractivity contribution >= 4 is 0 Å². The third kappa shape index (κ3) is 1.28. The van der Waals surface area contributed by atoms with Crippen LogP contribution in [0.3, 0.4) is 0 Å². The quantitative estimate of drug-likeness (QED) is 0.529. The summed E-state index contributed by atoms with van der Waals surface area (Å²) in [6.45, 7) is -0.311. The summed E-state index contributed by atoms with van der Waals surface area (Å²) in [4.78, 5) is 0. The molecular formula is C9H16O5. The van der Waals surface area contributed by atoms with Gasteiger partial charge in [-0.2, -0.15) is 0 Å². The van der Waals surface area contributed by atoms with Crippen molar-refractivity contribution in [3.63, 3.8) is 0 Å². The molecule has 0 amide bonds. The molecule has 82 valence electrons. The van der Waals surface area contributed by atoms with Crippen molar-refractivity contribution in [2.24, 2.45) is 5.41 Å². The van der Waals surface area contributed by atoms with Crippen LogP contribution in [0.15, 0.2) is 0 Å². The summed E-state index contributed by atoms with van der Waals surface area (Å²) < 4.78 is 10.5. The second-order valence-corrected chi connectivity index (χ2v) is 4.09. The highest BCUT2D eigenvalue weighted by Gasteiger charge is 2.62. The minimum absolute atomic E-state index is 0.311. The maximum atomic E-state index is 9.85. The molecule has 0 aromatic rings. The largest absolute Gasteiger partial charge is 0.394 e. The van der Waals surface area contributed by atoms with Gasteiger partial charge in [-0.1, -0.05) is 0 Å². The van der Waals surface area contributed by atoms with Crippen LogP contribution < -0.4 is 0 Å². The summed E-state index contributed by atoms with van der Waals surface area (Å²) in [5.41, 5.74) is -0.445. The van der Waals surface area contributed by atoms with E-state index in [2.05, 4.69) is 0 Å². The second kappa shape index (κ2) is 3.43. The number of ether oxygens (including phenoxy) is 2. The predicted octanol–water partition coefficient (Wildman–Crippen LogP) is -1.15. The molecule has 0 aromatic carbocycles. The van der Waals surface area contributed by atoms with Crippen molar-refractivity contribution in [1.29, 1.82) is 0 Å². The zero-order valence-corrected chi connectivity index (χ0v) is 8.09. The Labute approximate surface area is 82.3 Å². The Hall–Kier alpha value is -0.200. The van der Waals surface area contributed by atoms with E-state index in [1.54, 1.807) is 0 Å². The highest BCUT2D eigenvalue weighted by molar-refractivity contribution is 5.08. The molecule has 0 unspecified atom stereocenters. The maximum absolute atomic E-state index is 9.85. The first-order chi connectivity index (χ1) is 6.65. The van der Waals surface area contributed by atoms with E-state index in [0.717, 1.165) is 12.8 Å². The monoisotopic (exact) mass is 204 g/mol. The second-order valence-electron chi connectivity index (χ2n) is 4.09. The average Bonchev–Trinajstić information content (AvgIpc) is 2.97. The summed E-state index contributed by atoms with van der Waals surface area (Å²) in [6.07, 6.45) is -1.56. The molecule has 1 saturated heterocycles. The zero-order chi connectivity index (χ0) is 10.3. The van der Waals surface area contributed by atoms with Crippen molar-refractivity contribution in [1.82, 2.24) is 0 Å². The minimum atomic E-state index is -1.02. The fourth-order valence-corrected chi connectivity index (χ4v) is 2.17. The van der Waals surface area contributed by atoms with Gasteiger partial charge in [-0.25, -0.2) is 0 Å². The van der Waals surface area contributed by atoms with Crippen LogP contribution in [0.1, 0.15) is 12.8 Å². The molecule has 1 aliphatic carbocycles. The van der Waals surface area contributed by atoms with E-state index in [4.69, 9.17) is 14.6 Å². The number of hydrogen-bond donors (Lipinski definition) is 3. The fraction of sp³-hybridized carbons (Fsp3) is 1.00. The molecule has 2 rings (SSSR count). The molecule has 5 heteroatoms. The lowest BCUT2D eigenvalue weighted by Gasteiger charge is -2.42. The topological polar surface area (TPSA) is 79.2 Å². The molecule has 2 fully saturated rings. The van der Waals surface area contributed by atoms with E-state index in [1.165, 1.54) is 7.11 Å². The molecule has 1 saturated carbocycles. The summed E-state index contributed by atoms with van der Waals surface area (Å²) >= 11 is 0. The average molecular weight is 204 g/mol. The molecular weight excluding hydrogens is 188 g/mol. The summed E-state index contributed by atoms with van der Waals surface area (Å²) in [5, 5.41) is 28.4. The lowest BCUT2D eigenvalue weighted by Crippen LogP contribution is -2.57. The number of methoxy groups -OCH3 is 1. The van der Waals surface area contributed by atoms with Gasteiger partial charge in [-0.15, -0.1) is 0 Å². The number of aliphatic hydroxyl groups is 3. The number of rotatable bonds is 2. The highest BCUT2D eigenvalue weighted by Crippen LogP contribution is 2.56. The molecule has 3 N–H and O–H groups in total. The third-order valence-electron chi connectivity index (χ3n) is 3.28. The smallest absolute Gasteiger partial charge is 0.165 e. The summed E-state index contributed by atoms with van der Waals surface area (Å²) in [6, 6.07) is 0. The van der Waals surface area contributed by atoms with Crippen LogP contribution in [0.5, 0.6) is 0 Å². The van der Waals surface area contributed by atoms with Gasteiger partial charge in [-0.3, -0.25) is 0 Å². The van der Waals surface area contributed by atoms with Gasteiger partial charge < -0.3 is 24.8 Å². The molecule has 0 aromatic heterocycles. The molecule has 1 spiro atoms. The van der Waals surface area contributed by atoms with E-state index in [-0.39, 0.29) is 6.61 Å². The lowest BCUT2D eigenvalue weighted by atomic mass is 9.88. The lowest BCUT2D eigenvalue weighted by molar-refractivity contribution is -0.288. The van der Waals surface area contributed by atoms with E-state index in [1.807, 2.05) is 0 Å². The Bertz CT molecular complexity index is 211. The van der Waals surface area contributed by atoms with Gasteiger partial charge in [-0.05, 0) is 12.8 Å². The number of aliphatic hydroxyl groups excluding tert-OH is 3. The molecule has 0 bridgehead atoms. The Morgan fingerprint density at radius 2 is 2.07 bits per heavy atom. The van der Waals surface area contributed by atoms with Crippen LogP contribution in [0, 0.1) is 5.41 Å². The zero-order valence-electron chi connectivity index (χ0n) is 8.09. The van der Waals surface area contributed by atoms with Crippen molar-refractivity contribution in [2.45, 2.75) is 37.4 Å². The summed E-state index contributed by atoms with van der Waals surface area (Å²) in [5.74, 6) is 0. The van der Waals surface area contributed by atoms with E-state index >= 15 is 0 Å². The van der Waals surface area contributed by atoms with Crippen molar-refractivity contribution in [2.75, 3.05) is 13.7 Å². The Kier molecular flexibility index (Phi) is 2.53. The fourth-order valence-electron chi connectivity index (χ4n) is 2.17.